The molecule has 162 valence electrons. The highest BCUT2D eigenvalue weighted by molar-refractivity contribution is 6.06. The zero-order valence-corrected chi connectivity index (χ0v) is 18.7. The van der Waals surface area contributed by atoms with Crippen LogP contribution in [0.3, 0.4) is 0 Å². The first-order valence-corrected chi connectivity index (χ1v) is 10.7. The van der Waals surface area contributed by atoms with E-state index in [4.69, 9.17) is 9.72 Å². The van der Waals surface area contributed by atoms with Crippen LogP contribution in [0, 0.1) is 19.8 Å². The van der Waals surface area contributed by atoms with Crippen molar-refractivity contribution in [3.05, 3.63) is 52.5 Å². The average molecular weight is 421 g/mol. The lowest BCUT2D eigenvalue weighted by Crippen LogP contribution is -2.31. The monoisotopic (exact) mass is 420 g/mol. The number of hydrogen-bond donors (Lipinski definition) is 1. The summed E-state index contributed by atoms with van der Waals surface area (Å²) in [5.74, 6) is -0.390. The molecule has 1 aliphatic carbocycles. The van der Waals surface area contributed by atoms with Gasteiger partial charge in [0.15, 0.2) is 6.10 Å². The first kappa shape index (κ1) is 21.0. The van der Waals surface area contributed by atoms with Gasteiger partial charge >= 0.3 is 5.97 Å². The molecule has 0 aliphatic heterocycles. The van der Waals surface area contributed by atoms with Crippen molar-refractivity contribution in [1.82, 2.24) is 14.8 Å². The number of amides is 1. The molecule has 0 fully saturated rings. The maximum atomic E-state index is 13.3. The molecule has 0 bridgehead atoms. The zero-order valence-electron chi connectivity index (χ0n) is 18.7. The Kier molecular flexibility index (Phi) is 5.52. The van der Waals surface area contributed by atoms with Crippen LogP contribution in [0.25, 0.3) is 10.9 Å². The number of carbonyl (C=O) groups is 2. The smallest absolute Gasteiger partial charge is 0.339 e. The number of pyridine rings is 1. The van der Waals surface area contributed by atoms with E-state index in [1.807, 2.05) is 45.2 Å². The highest BCUT2D eigenvalue weighted by Gasteiger charge is 2.28. The third kappa shape index (κ3) is 3.92. The number of hydrogen-bond acceptors (Lipinski definition) is 5. The third-order valence-electron chi connectivity index (χ3n) is 6.12. The minimum Gasteiger partial charge on any atom is -0.449 e. The minimum absolute atomic E-state index is 0.381. The fourth-order valence-electron chi connectivity index (χ4n) is 4.25. The predicted octanol–water partition coefficient (Wildman–Crippen LogP) is 3.89. The Balaban J connectivity index is 1.62. The maximum absolute atomic E-state index is 13.3. The minimum atomic E-state index is -0.949. The maximum Gasteiger partial charge on any atom is 0.339 e. The third-order valence-corrected chi connectivity index (χ3v) is 6.12. The van der Waals surface area contributed by atoms with Gasteiger partial charge in [-0.3, -0.25) is 14.5 Å². The fourth-order valence-corrected chi connectivity index (χ4v) is 4.25. The molecule has 2 heterocycles. The number of aromatic nitrogens is 3. The fraction of sp³-hybridized carbons (Fsp3) is 0.417. The van der Waals surface area contributed by atoms with Crippen molar-refractivity contribution < 1.29 is 14.3 Å². The van der Waals surface area contributed by atoms with Crippen molar-refractivity contribution in [2.75, 3.05) is 5.32 Å². The standard InChI is InChI=1S/C24H28N4O3/c1-13-10-11-20-18(12-13)21(17-8-6-7-9-19(17)25-20)24(30)31-16(4)23(29)26-22-14(2)27-28(5)15(22)3/h6-9,13,16H,10-12H2,1-5H3,(H,26,29)/t13-,16-/m1/s1. The van der Waals surface area contributed by atoms with E-state index in [0.717, 1.165) is 52.8 Å². The van der Waals surface area contributed by atoms with Gasteiger partial charge in [-0.2, -0.15) is 5.10 Å². The zero-order chi connectivity index (χ0) is 22.3. The van der Waals surface area contributed by atoms with Gasteiger partial charge in [-0.1, -0.05) is 25.1 Å². The molecule has 1 aliphatic rings. The van der Waals surface area contributed by atoms with Crippen molar-refractivity contribution >= 4 is 28.5 Å². The number of nitrogens with one attached hydrogen (secondary N) is 1. The Morgan fingerprint density at radius 2 is 2.00 bits per heavy atom. The number of benzene rings is 1. The van der Waals surface area contributed by atoms with E-state index in [0.29, 0.717) is 17.2 Å². The summed E-state index contributed by atoms with van der Waals surface area (Å²) in [5, 5.41) is 7.93. The van der Waals surface area contributed by atoms with Crippen LogP contribution in [-0.4, -0.2) is 32.7 Å². The number of esters is 1. The van der Waals surface area contributed by atoms with Gasteiger partial charge in [0.25, 0.3) is 5.91 Å². The van der Waals surface area contributed by atoms with E-state index in [-0.39, 0.29) is 5.91 Å². The molecule has 0 saturated carbocycles. The summed E-state index contributed by atoms with van der Waals surface area (Å²) < 4.78 is 7.37. The topological polar surface area (TPSA) is 86.1 Å². The summed E-state index contributed by atoms with van der Waals surface area (Å²) in [4.78, 5) is 30.8. The van der Waals surface area contributed by atoms with E-state index < -0.39 is 12.1 Å². The highest BCUT2D eigenvalue weighted by atomic mass is 16.5. The molecule has 7 heteroatoms. The van der Waals surface area contributed by atoms with E-state index >= 15 is 0 Å². The van der Waals surface area contributed by atoms with Gasteiger partial charge in [-0.05, 0) is 57.6 Å². The summed E-state index contributed by atoms with van der Waals surface area (Å²) in [7, 11) is 1.82. The lowest BCUT2D eigenvalue weighted by Gasteiger charge is -2.24. The Bertz CT molecular complexity index is 1180. The van der Waals surface area contributed by atoms with Gasteiger partial charge in [0.1, 0.15) is 0 Å². The van der Waals surface area contributed by atoms with Crippen LogP contribution in [0.5, 0.6) is 0 Å². The second-order valence-corrected chi connectivity index (χ2v) is 8.48. The molecule has 31 heavy (non-hydrogen) atoms. The van der Waals surface area contributed by atoms with Gasteiger partial charge in [-0.25, -0.2) is 4.79 Å². The van der Waals surface area contributed by atoms with Gasteiger partial charge in [0.2, 0.25) is 0 Å². The molecular weight excluding hydrogens is 392 g/mol. The molecule has 1 aromatic carbocycles. The van der Waals surface area contributed by atoms with Crippen LogP contribution in [0.4, 0.5) is 5.69 Å². The van der Waals surface area contributed by atoms with Gasteiger partial charge < -0.3 is 10.1 Å². The number of aryl methyl sites for hydroxylation is 3. The van der Waals surface area contributed by atoms with Crippen molar-refractivity contribution in [1.29, 1.82) is 0 Å². The van der Waals surface area contributed by atoms with Crippen molar-refractivity contribution in [2.45, 2.75) is 53.1 Å². The molecule has 0 saturated heterocycles. The normalized spacial score (nSPS) is 16.6. The van der Waals surface area contributed by atoms with Crippen molar-refractivity contribution in [2.24, 2.45) is 13.0 Å². The molecular formula is C24H28N4O3. The Morgan fingerprint density at radius 3 is 2.71 bits per heavy atom. The largest absolute Gasteiger partial charge is 0.449 e. The predicted molar refractivity (Wildman–Crippen MR) is 119 cm³/mol. The summed E-state index contributed by atoms with van der Waals surface area (Å²) in [6.07, 6.45) is 1.73. The molecule has 0 spiro atoms. The summed E-state index contributed by atoms with van der Waals surface area (Å²) in [5.41, 5.74) is 5.44. The summed E-state index contributed by atoms with van der Waals surface area (Å²) in [6.45, 7) is 7.48. The Hall–Kier alpha value is -3.22. The molecule has 2 aromatic heterocycles. The molecule has 0 unspecified atom stereocenters. The lowest BCUT2D eigenvalue weighted by atomic mass is 9.84. The summed E-state index contributed by atoms with van der Waals surface area (Å²) >= 11 is 0. The number of carbonyl (C=O) groups excluding carboxylic acids is 2. The average Bonchev–Trinajstić information content (AvgIpc) is 2.97. The SMILES string of the molecule is Cc1nn(C)c(C)c1NC(=O)[C@@H](C)OC(=O)c1c2c(nc3ccccc13)CC[C@@H](C)C2. The van der Waals surface area contributed by atoms with E-state index in [9.17, 15) is 9.59 Å². The number of anilines is 1. The molecule has 7 nitrogen and oxygen atoms in total. The number of rotatable bonds is 4. The number of ether oxygens (including phenoxy) is 1. The molecule has 2 atom stereocenters. The second-order valence-electron chi connectivity index (χ2n) is 8.48. The molecule has 0 radical (unpaired) electrons. The first-order valence-electron chi connectivity index (χ1n) is 10.7. The van der Waals surface area contributed by atoms with Crippen LogP contribution in [0.1, 0.15) is 53.3 Å². The molecule has 1 amide bonds. The Labute approximate surface area is 181 Å². The lowest BCUT2D eigenvalue weighted by molar-refractivity contribution is -0.123. The quantitative estimate of drug-likeness (QED) is 0.647. The molecule has 3 aromatic rings. The van der Waals surface area contributed by atoms with Crippen LogP contribution in [0.2, 0.25) is 0 Å². The van der Waals surface area contributed by atoms with Gasteiger partial charge in [-0.15, -0.1) is 0 Å². The first-order chi connectivity index (χ1) is 14.8. The van der Waals surface area contributed by atoms with E-state index in [1.54, 1.807) is 11.6 Å². The van der Waals surface area contributed by atoms with E-state index in [1.165, 1.54) is 0 Å². The van der Waals surface area contributed by atoms with Crippen LogP contribution in [-0.2, 0) is 29.4 Å². The van der Waals surface area contributed by atoms with Gasteiger partial charge in [0, 0.05) is 18.1 Å². The number of fused-ring (bicyclic) bond motifs is 2. The highest BCUT2D eigenvalue weighted by Crippen LogP contribution is 2.32. The van der Waals surface area contributed by atoms with Gasteiger partial charge in [0.05, 0.1) is 28.2 Å². The van der Waals surface area contributed by atoms with Crippen molar-refractivity contribution in [3.63, 3.8) is 0 Å². The van der Waals surface area contributed by atoms with Crippen molar-refractivity contribution in [3.8, 4) is 0 Å². The van der Waals surface area contributed by atoms with Crippen LogP contribution >= 0.6 is 0 Å². The molecule has 4 rings (SSSR count). The van der Waals surface area contributed by atoms with Crippen LogP contribution < -0.4 is 5.32 Å². The number of para-hydroxylation sites is 1. The summed E-state index contributed by atoms with van der Waals surface area (Å²) in [6, 6.07) is 7.61. The van der Waals surface area contributed by atoms with E-state index in [2.05, 4.69) is 17.3 Å². The number of nitrogens with zero attached hydrogens (tertiary/aromatic N) is 3. The second kappa shape index (κ2) is 8.13. The molecule has 1 N–H and O–H groups in total. The van der Waals surface area contributed by atoms with Crippen LogP contribution in [0.15, 0.2) is 24.3 Å². The Morgan fingerprint density at radius 1 is 1.26 bits per heavy atom.